The van der Waals surface area contributed by atoms with E-state index in [-0.39, 0.29) is 23.9 Å². The van der Waals surface area contributed by atoms with Crippen molar-refractivity contribution in [3.63, 3.8) is 0 Å². The minimum Gasteiger partial charge on any atom is -0.354 e. The third-order valence-electron chi connectivity index (χ3n) is 4.63. The maximum absolute atomic E-state index is 13.1. The van der Waals surface area contributed by atoms with Gasteiger partial charge in [-0.1, -0.05) is 6.92 Å². The van der Waals surface area contributed by atoms with E-state index < -0.39 is 11.9 Å². The number of hydrogen-bond acceptors (Lipinski definition) is 3. The molecule has 0 aromatic carbocycles. The van der Waals surface area contributed by atoms with E-state index >= 15 is 0 Å². The van der Waals surface area contributed by atoms with Crippen molar-refractivity contribution in [2.75, 3.05) is 6.54 Å². The minimum absolute atomic E-state index is 0.145. The van der Waals surface area contributed by atoms with Gasteiger partial charge >= 0.3 is 6.18 Å². The highest BCUT2D eigenvalue weighted by Crippen LogP contribution is 2.36. The lowest BCUT2D eigenvalue weighted by atomic mass is 10.2. The number of carbonyl (C=O) groups is 1. The molecule has 26 heavy (non-hydrogen) atoms. The molecule has 0 saturated carbocycles. The average Bonchev–Trinajstić information content (AvgIpc) is 3.24. The van der Waals surface area contributed by atoms with Gasteiger partial charge in [-0.15, -0.1) is 0 Å². The van der Waals surface area contributed by atoms with Gasteiger partial charge in [-0.05, 0) is 38.2 Å². The molecule has 9 heteroatoms. The van der Waals surface area contributed by atoms with Crippen LogP contribution in [0.2, 0.25) is 0 Å². The molecule has 0 fully saturated rings. The van der Waals surface area contributed by atoms with Crippen molar-refractivity contribution >= 4 is 5.91 Å². The second-order valence-corrected chi connectivity index (χ2v) is 6.85. The van der Waals surface area contributed by atoms with E-state index in [1.165, 1.54) is 4.68 Å². The zero-order chi connectivity index (χ0) is 18.9. The lowest BCUT2D eigenvalue weighted by Gasteiger charge is -2.14. The van der Waals surface area contributed by atoms with Gasteiger partial charge in [0.15, 0.2) is 5.69 Å². The van der Waals surface area contributed by atoms with Crippen LogP contribution in [-0.2, 0) is 36.9 Å². The SMILES string of the molecule is Cc1ccnn1C[C@H](C)CNC(=O)Cn1nc(C(F)(F)F)c2c1CCC2. The predicted octanol–water partition coefficient (Wildman–Crippen LogP) is 2.35. The van der Waals surface area contributed by atoms with Crippen molar-refractivity contribution < 1.29 is 18.0 Å². The number of aromatic nitrogens is 4. The third kappa shape index (κ3) is 3.91. The Labute approximate surface area is 149 Å². The molecule has 0 radical (unpaired) electrons. The molecule has 142 valence electrons. The number of alkyl halides is 3. The van der Waals surface area contributed by atoms with Crippen molar-refractivity contribution in [2.45, 2.75) is 52.4 Å². The molecule has 0 spiro atoms. The van der Waals surface area contributed by atoms with Crippen molar-refractivity contribution in [1.29, 1.82) is 0 Å². The van der Waals surface area contributed by atoms with E-state index in [0.717, 1.165) is 5.69 Å². The maximum Gasteiger partial charge on any atom is 0.435 e. The number of nitrogens with zero attached hydrogens (tertiary/aromatic N) is 4. The molecule has 2 heterocycles. The third-order valence-corrected chi connectivity index (χ3v) is 4.63. The minimum atomic E-state index is -4.48. The topological polar surface area (TPSA) is 64.7 Å². The molecular weight excluding hydrogens is 347 g/mol. The van der Waals surface area contributed by atoms with Crippen LogP contribution in [-0.4, -0.2) is 32.0 Å². The fourth-order valence-corrected chi connectivity index (χ4v) is 3.30. The van der Waals surface area contributed by atoms with Gasteiger partial charge in [-0.3, -0.25) is 14.2 Å². The summed E-state index contributed by atoms with van der Waals surface area (Å²) in [6.07, 6.45) is -1.20. The van der Waals surface area contributed by atoms with E-state index in [0.29, 0.717) is 38.0 Å². The van der Waals surface area contributed by atoms with E-state index in [1.54, 1.807) is 6.20 Å². The van der Waals surface area contributed by atoms with Gasteiger partial charge in [-0.25, -0.2) is 0 Å². The summed E-state index contributed by atoms with van der Waals surface area (Å²) in [5, 5.41) is 10.6. The largest absolute Gasteiger partial charge is 0.435 e. The van der Waals surface area contributed by atoms with Gasteiger partial charge in [0, 0.05) is 36.2 Å². The first-order valence-corrected chi connectivity index (χ1v) is 8.66. The molecular formula is C17H22F3N5O. The van der Waals surface area contributed by atoms with Crippen LogP contribution >= 0.6 is 0 Å². The van der Waals surface area contributed by atoms with Crippen LogP contribution in [0.1, 0.15) is 36.0 Å². The molecule has 1 atom stereocenters. The molecule has 0 bridgehead atoms. The molecule has 6 nitrogen and oxygen atoms in total. The zero-order valence-electron chi connectivity index (χ0n) is 14.8. The van der Waals surface area contributed by atoms with Gasteiger partial charge in [0.25, 0.3) is 0 Å². The predicted molar refractivity (Wildman–Crippen MR) is 88.4 cm³/mol. The van der Waals surface area contributed by atoms with Crippen LogP contribution in [0.5, 0.6) is 0 Å². The second-order valence-electron chi connectivity index (χ2n) is 6.85. The molecule has 1 aliphatic rings. The first kappa shape index (κ1) is 18.5. The molecule has 1 aliphatic carbocycles. The van der Waals surface area contributed by atoms with Gasteiger partial charge in [0.05, 0.1) is 0 Å². The van der Waals surface area contributed by atoms with Crippen LogP contribution in [0, 0.1) is 12.8 Å². The lowest BCUT2D eigenvalue weighted by molar-refractivity contribution is -0.142. The van der Waals surface area contributed by atoms with E-state index in [1.807, 2.05) is 24.6 Å². The highest BCUT2D eigenvalue weighted by atomic mass is 19.4. The molecule has 2 aromatic heterocycles. The number of carbonyl (C=O) groups excluding carboxylic acids is 1. The number of halogens is 3. The van der Waals surface area contributed by atoms with Gasteiger partial charge in [0.1, 0.15) is 6.54 Å². The Bertz CT molecular complexity index is 793. The van der Waals surface area contributed by atoms with Crippen LogP contribution in [0.4, 0.5) is 13.2 Å². The average molecular weight is 369 g/mol. The Hall–Kier alpha value is -2.32. The summed E-state index contributed by atoms with van der Waals surface area (Å²) >= 11 is 0. The van der Waals surface area contributed by atoms with Gasteiger partial charge < -0.3 is 5.32 Å². The van der Waals surface area contributed by atoms with Gasteiger partial charge in [-0.2, -0.15) is 23.4 Å². The van der Waals surface area contributed by atoms with Crippen LogP contribution in [0.15, 0.2) is 12.3 Å². The fourth-order valence-electron chi connectivity index (χ4n) is 3.30. The van der Waals surface area contributed by atoms with E-state index in [9.17, 15) is 18.0 Å². The summed E-state index contributed by atoms with van der Waals surface area (Å²) in [7, 11) is 0. The van der Waals surface area contributed by atoms with Crippen molar-refractivity contribution in [2.24, 2.45) is 5.92 Å². The molecule has 1 N–H and O–H groups in total. The molecule has 0 saturated heterocycles. The highest BCUT2D eigenvalue weighted by molar-refractivity contribution is 5.75. The molecule has 1 amide bonds. The quantitative estimate of drug-likeness (QED) is 0.850. The van der Waals surface area contributed by atoms with E-state index in [4.69, 9.17) is 0 Å². The summed E-state index contributed by atoms with van der Waals surface area (Å²) < 4.78 is 42.3. The Morgan fingerprint density at radius 2 is 2.12 bits per heavy atom. The fraction of sp³-hybridized carbons (Fsp3) is 0.588. The van der Waals surface area contributed by atoms with Crippen molar-refractivity contribution in [3.8, 4) is 0 Å². The summed E-state index contributed by atoms with van der Waals surface area (Å²) in [4.78, 5) is 12.2. The molecule has 2 aromatic rings. The Morgan fingerprint density at radius 1 is 1.35 bits per heavy atom. The smallest absolute Gasteiger partial charge is 0.354 e. The van der Waals surface area contributed by atoms with Crippen molar-refractivity contribution in [3.05, 3.63) is 34.9 Å². The number of rotatable bonds is 6. The normalized spacial score (nSPS) is 15.1. The Balaban J connectivity index is 1.58. The first-order chi connectivity index (χ1) is 12.3. The number of nitrogens with one attached hydrogen (secondary N) is 1. The van der Waals surface area contributed by atoms with Gasteiger partial charge in [0.2, 0.25) is 5.91 Å². The summed E-state index contributed by atoms with van der Waals surface area (Å²) in [6.45, 7) is 4.83. The molecule has 3 rings (SSSR count). The van der Waals surface area contributed by atoms with Crippen LogP contribution in [0.3, 0.4) is 0 Å². The number of hydrogen-bond donors (Lipinski definition) is 1. The monoisotopic (exact) mass is 369 g/mol. The number of aryl methyl sites for hydroxylation is 1. The number of fused-ring (bicyclic) bond motifs is 1. The van der Waals surface area contributed by atoms with Crippen LogP contribution in [0.25, 0.3) is 0 Å². The molecule has 0 aliphatic heterocycles. The van der Waals surface area contributed by atoms with Crippen LogP contribution < -0.4 is 5.32 Å². The van der Waals surface area contributed by atoms with E-state index in [2.05, 4.69) is 15.5 Å². The lowest BCUT2D eigenvalue weighted by Crippen LogP contribution is -2.33. The Kier molecular flexibility index (Phi) is 5.06. The van der Waals surface area contributed by atoms with Crippen molar-refractivity contribution in [1.82, 2.24) is 24.9 Å². The first-order valence-electron chi connectivity index (χ1n) is 8.66. The maximum atomic E-state index is 13.1. The second kappa shape index (κ2) is 7.13. The summed E-state index contributed by atoms with van der Waals surface area (Å²) in [5.74, 6) is -0.188. The number of amides is 1. The standard InChI is InChI=1S/C17H22F3N5O/c1-11(9-24-12(2)6-7-22-24)8-21-15(26)10-25-14-5-3-4-13(14)16(23-25)17(18,19)20/h6-7,11H,3-5,8-10H2,1-2H3,(H,21,26)/t11-/m1/s1. The Morgan fingerprint density at radius 3 is 2.77 bits per heavy atom. The zero-order valence-corrected chi connectivity index (χ0v) is 14.8. The summed E-state index contributed by atoms with van der Waals surface area (Å²) in [6, 6.07) is 1.90. The summed E-state index contributed by atoms with van der Waals surface area (Å²) in [5.41, 5.74) is 0.968. The molecule has 0 unspecified atom stereocenters. The highest BCUT2D eigenvalue weighted by Gasteiger charge is 2.40.